The molecule has 4 aliphatic rings. The van der Waals surface area contributed by atoms with Crippen molar-refractivity contribution >= 4 is 5.91 Å². The maximum absolute atomic E-state index is 13.5. The molecule has 3 aliphatic heterocycles. The van der Waals surface area contributed by atoms with Crippen LogP contribution in [0.1, 0.15) is 44.1 Å². The molecule has 0 bridgehead atoms. The fraction of sp³-hybridized carbons (Fsp3) is 0.708. The van der Waals surface area contributed by atoms with E-state index in [1.807, 2.05) is 12.1 Å². The van der Waals surface area contributed by atoms with Crippen LogP contribution in [0.3, 0.4) is 0 Å². The van der Waals surface area contributed by atoms with Gasteiger partial charge in [-0.2, -0.15) is 0 Å². The molecule has 0 N–H and O–H groups in total. The Morgan fingerprint density at radius 2 is 1.70 bits per heavy atom. The zero-order chi connectivity index (χ0) is 20.6. The van der Waals surface area contributed by atoms with E-state index in [4.69, 9.17) is 14.2 Å². The van der Waals surface area contributed by atoms with Crippen LogP contribution < -0.4 is 4.74 Å². The first kappa shape index (κ1) is 20.3. The SMILES string of the molecule is COc1ccc(C2(C(=O)N3CCC4(CC3)CC(N3CCOCC3)CCO4)CC2)cc1. The Kier molecular flexibility index (Phi) is 5.50. The van der Waals surface area contributed by atoms with Gasteiger partial charge in [-0.05, 0) is 56.2 Å². The predicted molar refractivity (Wildman–Crippen MR) is 114 cm³/mol. The second kappa shape index (κ2) is 8.13. The zero-order valence-corrected chi connectivity index (χ0v) is 18.1. The summed E-state index contributed by atoms with van der Waals surface area (Å²) in [4.78, 5) is 18.1. The molecular formula is C24H34N2O4. The Morgan fingerprint density at radius 3 is 2.33 bits per heavy atom. The first-order valence-corrected chi connectivity index (χ1v) is 11.5. The van der Waals surface area contributed by atoms with E-state index in [9.17, 15) is 4.79 Å². The van der Waals surface area contributed by atoms with Crippen molar-refractivity contribution in [3.8, 4) is 5.75 Å². The van der Waals surface area contributed by atoms with E-state index < -0.39 is 0 Å². The summed E-state index contributed by atoms with van der Waals surface area (Å²) in [5.74, 6) is 1.15. The molecule has 5 rings (SSSR count). The van der Waals surface area contributed by atoms with Gasteiger partial charge in [0.15, 0.2) is 0 Å². The van der Waals surface area contributed by atoms with E-state index >= 15 is 0 Å². The van der Waals surface area contributed by atoms with Crippen LogP contribution in [0.15, 0.2) is 24.3 Å². The van der Waals surface area contributed by atoms with Crippen molar-refractivity contribution in [2.45, 2.75) is 55.6 Å². The third-order valence-corrected chi connectivity index (χ3v) is 7.79. The van der Waals surface area contributed by atoms with Crippen molar-refractivity contribution in [3.63, 3.8) is 0 Å². The minimum Gasteiger partial charge on any atom is -0.497 e. The van der Waals surface area contributed by atoms with E-state index in [1.165, 1.54) is 0 Å². The lowest BCUT2D eigenvalue weighted by Gasteiger charge is -2.49. The maximum atomic E-state index is 13.5. The zero-order valence-electron chi connectivity index (χ0n) is 18.1. The van der Waals surface area contributed by atoms with Crippen molar-refractivity contribution in [3.05, 3.63) is 29.8 Å². The fourth-order valence-electron chi connectivity index (χ4n) is 5.69. The van der Waals surface area contributed by atoms with Gasteiger partial charge in [0.2, 0.25) is 5.91 Å². The Morgan fingerprint density at radius 1 is 1.00 bits per heavy atom. The van der Waals surface area contributed by atoms with Gasteiger partial charge in [0, 0.05) is 38.8 Å². The van der Waals surface area contributed by atoms with Crippen molar-refractivity contribution < 1.29 is 19.0 Å². The number of likely N-dealkylation sites (tertiary alicyclic amines) is 1. The molecule has 6 heteroatoms. The normalized spacial score (nSPS) is 28.3. The van der Waals surface area contributed by atoms with Crippen LogP contribution >= 0.6 is 0 Å². The van der Waals surface area contributed by atoms with E-state index in [0.717, 1.165) is 95.8 Å². The van der Waals surface area contributed by atoms with Crippen LogP contribution in [0.4, 0.5) is 0 Å². The van der Waals surface area contributed by atoms with Crippen molar-refractivity contribution in [1.82, 2.24) is 9.80 Å². The molecular weight excluding hydrogens is 380 g/mol. The molecule has 164 valence electrons. The molecule has 1 saturated carbocycles. The summed E-state index contributed by atoms with van der Waals surface area (Å²) in [5, 5.41) is 0. The summed E-state index contributed by atoms with van der Waals surface area (Å²) >= 11 is 0. The van der Waals surface area contributed by atoms with Crippen molar-refractivity contribution in [2.75, 3.05) is 53.1 Å². The summed E-state index contributed by atoms with van der Waals surface area (Å²) in [5.41, 5.74) is 0.782. The summed E-state index contributed by atoms with van der Waals surface area (Å²) in [7, 11) is 1.67. The number of carbonyl (C=O) groups excluding carboxylic acids is 1. The lowest BCUT2D eigenvalue weighted by Crippen LogP contribution is -2.56. The van der Waals surface area contributed by atoms with Gasteiger partial charge >= 0.3 is 0 Å². The molecule has 0 aromatic heterocycles. The largest absolute Gasteiger partial charge is 0.497 e. The molecule has 3 saturated heterocycles. The maximum Gasteiger partial charge on any atom is 0.233 e. The number of carbonyl (C=O) groups is 1. The minimum atomic E-state index is -0.305. The van der Waals surface area contributed by atoms with Gasteiger partial charge < -0.3 is 19.1 Å². The van der Waals surface area contributed by atoms with E-state index in [0.29, 0.717) is 11.9 Å². The highest BCUT2D eigenvalue weighted by atomic mass is 16.5. The average molecular weight is 415 g/mol. The summed E-state index contributed by atoms with van der Waals surface area (Å²) in [6, 6.07) is 8.66. The van der Waals surface area contributed by atoms with Crippen LogP contribution in [0.5, 0.6) is 5.75 Å². The smallest absolute Gasteiger partial charge is 0.233 e. The molecule has 1 atom stereocenters. The number of morpholine rings is 1. The molecule has 1 spiro atoms. The van der Waals surface area contributed by atoms with Gasteiger partial charge in [0.1, 0.15) is 5.75 Å². The Balaban J connectivity index is 1.21. The monoisotopic (exact) mass is 414 g/mol. The Labute approximate surface area is 179 Å². The quantitative estimate of drug-likeness (QED) is 0.758. The molecule has 0 radical (unpaired) electrons. The Hall–Kier alpha value is -1.63. The van der Waals surface area contributed by atoms with Crippen LogP contribution in [0.2, 0.25) is 0 Å². The predicted octanol–water partition coefficient (Wildman–Crippen LogP) is 2.60. The molecule has 1 unspecified atom stereocenters. The van der Waals surface area contributed by atoms with Crippen LogP contribution in [0.25, 0.3) is 0 Å². The number of benzene rings is 1. The molecule has 1 aromatic rings. The number of nitrogens with zero attached hydrogens (tertiary/aromatic N) is 2. The summed E-state index contributed by atoms with van der Waals surface area (Å²) < 4.78 is 17.2. The van der Waals surface area contributed by atoms with E-state index in [-0.39, 0.29) is 11.0 Å². The summed E-state index contributed by atoms with van der Waals surface area (Å²) in [6.07, 6.45) is 6.03. The number of rotatable bonds is 4. The number of hydrogen-bond acceptors (Lipinski definition) is 5. The average Bonchev–Trinajstić information content (AvgIpc) is 3.62. The molecule has 30 heavy (non-hydrogen) atoms. The summed E-state index contributed by atoms with van der Waals surface area (Å²) in [6.45, 7) is 6.23. The highest BCUT2D eigenvalue weighted by molar-refractivity contribution is 5.91. The second-order valence-electron chi connectivity index (χ2n) is 9.43. The van der Waals surface area contributed by atoms with Crippen molar-refractivity contribution in [1.29, 1.82) is 0 Å². The first-order valence-electron chi connectivity index (χ1n) is 11.5. The molecule has 4 fully saturated rings. The number of piperidine rings is 1. The lowest BCUT2D eigenvalue weighted by molar-refractivity contribution is -0.153. The molecule has 1 amide bonds. The Bertz CT molecular complexity index is 747. The molecule has 1 aliphatic carbocycles. The standard InChI is InChI=1S/C24H34N2O4/c1-28-21-4-2-19(3-5-21)24(7-8-24)22(27)26-11-9-23(10-12-26)18-20(6-15-30-23)25-13-16-29-17-14-25/h2-5,20H,6-18H2,1H3. The van der Waals surface area contributed by atoms with E-state index in [2.05, 4.69) is 21.9 Å². The van der Waals surface area contributed by atoms with Gasteiger partial charge in [0.25, 0.3) is 0 Å². The molecule has 6 nitrogen and oxygen atoms in total. The van der Waals surface area contributed by atoms with Crippen LogP contribution in [-0.2, 0) is 19.7 Å². The fourth-order valence-corrected chi connectivity index (χ4v) is 5.69. The van der Waals surface area contributed by atoms with Gasteiger partial charge in [-0.25, -0.2) is 0 Å². The highest BCUT2D eigenvalue weighted by Gasteiger charge is 2.54. The number of hydrogen-bond donors (Lipinski definition) is 0. The highest BCUT2D eigenvalue weighted by Crippen LogP contribution is 2.50. The minimum absolute atomic E-state index is 0.0468. The van der Waals surface area contributed by atoms with Crippen LogP contribution in [0, 0.1) is 0 Å². The number of ether oxygens (including phenoxy) is 3. The molecule has 1 aromatic carbocycles. The number of methoxy groups -OCH3 is 1. The van der Waals surface area contributed by atoms with Gasteiger partial charge in [0.05, 0.1) is 31.3 Å². The van der Waals surface area contributed by atoms with Gasteiger partial charge in [-0.15, -0.1) is 0 Å². The van der Waals surface area contributed by atoms with Crippen LogP contribution in [-0.4, -0.2) is 80.5 Å². The molecule has 3 heterocycles. The van der Waals surface area contributed by atoms with Gasteiger partial charge in [-0.1, -0.05) is 12.1 Å². The third-order valence-electron chi connectivity index (χ3n) is 7.79. The van der Waals surface area contributed by atoms with Crippen molar-refractivity contribution in [2.24, 2.45) is 0 Å². The lowest BCUT2D eigenvalue weighted by atomic mass is 9.81. The second-order valence-corrected chi connectivity index (χ2v) is 9.43. The first-order chi connectivity index (χ1) is 14.6. The third kappa shape index (κ3) is 3.74. The topological polar surface area (TPSA) is 51.2 Å². The van der Waals surface area contributed by atoms with E-state index in [1.54, 1.807) is 7.11 Å². The number of amides is 1. The van der Waals surface area contributed by atoms with Gasteiger partial charge in [-0.3, -0.25) is 9.69 Å².